The van der Waals surface area contributed by atoms with Crippen LogP contribution in [0, 0.1) is 12.7 Å². The van der Waals surface area contributed by atoms with Gasteiger partial charge < -0.3 is 25.1 Å². The zero-order valence-electron chi connectivity index (χ0n) is 19.3. The monoisotopic (exact) mass is 495 g/mol. The van der Waals surface area contributed by atoms with Crippen LogP contribution in [0.2, 0.25) is 5.02 Å². The molecule has 9 heteroatoms. The molecule has 3 N–H and O–H groups in total. The van der Waals surface area contributed by atoms with E-state index in [9.17, 15) is 9.50 Å². The number of methoxy groups -OCH3 is 2. The van der Waals surface area contributed by atoms with Crippen LogP contribution in [0.5, 0.6) is 23.0 Å². The van der Waals surface area contributed by atoms with E-state index in [1.165, 1.54) is 18.2 Å². The Kier molecular flexibility index (Phi) is 6.93. The second-order valence-corrected chi connectivity index (χ2v) is 8.07. The van der Waals surface area contributed by atoms with Crippen molar-refractivity contribution in [3.05, 3.63) is 76.7 Å². The number of benzene rings is 3. The van der Waals surface area contributed by atoms with Gasteiger partial charge in [-0.05, 0) is 48.9 Å². The van der Waals surface area contributed by atoms with Gasteiger partial charge in [0.2, 0.25) is 5.95 Å². The summed E-state index contributed by atoms with van der Waals surface area (Å²) < 4.78 is 29.8. The Morgan fingerprint density at radius 3 is 2.43 bits per heavy atom. The minimum atomic E-state index is -0.426. The summed E-state index contributed by atoms with van der Waals surface area (Å²) in [6.07, 6.45) is 0. The van der Waals surface area contributed by atoms with Crippen molar-refractivity contribution in [2.45, 2.75) is 13.5 Å². The number of phenols is 1. The minimum absolute atomic E-state index is 0.0630. The minimum Gasteiger partial charge on any atom is -0.507 e. The van der Waals surface area contributed by atoms with Gasteiger partial charge in [0.15, 0.2) is 11.5 Å². The van der Waals surface area contributed by atoms with Gasteiger partial charge in [0.1, 0.15) is 23.9 Å². The molecule has 7 nitrogen and oxygen atoms in total. The number of nitrogens with zero attached hydrogens (tertiary/aromatic N) is 2. The highest BCUT2D eigenvalue weighted by Crippen LogP contribution is 2.41. The fourth-order valence-corrected chi connectivity index (χ4v) is 3.95. The summed E-state index contributed by atoms with van der Waals surface area (Å²) in [4.78, 5) is 8.73. The van der Waals surface area contributed by atoms with Crippen molar-refractivity contribution in [3.63, 3.8) is 0 Å². The van der Waals surface area contributed by atoms with Crippen LogP contribution < -0.4 is 19.9 Å². The first-order chi connectivity index (χ1) is 16.8. The highest BCUT2D eigenvalue weighted by molar-refractivity contribution is 6.31. The molecule has 4 aromatic rings. The number of hydrogen-bond acceptors (Lipinski definition) is 7. The largest absolute Gasteiger partial charge is 0.507 e. The number of aromatic nitrogens is 2. The zero-order valence-corrected chi connectivity index (χ0v) is 20.1. The third-order valence-corrected chi connectivity index (χ3v) is 5.77. The SMILES string of the molecule is COc1ccc(-c2c(C)nc(N)nc2-c2ccc(OCc3ccc(F)cc3Cl)cc2O)cc1OC. The molecule has 0 aliphatic rings. The van der Waals surface area contributed by atoms with E-state index in [4.69, 9.17) is 31.5 Å². The molecule has 180 valence electrons. The third kappa shape index (κ3) is 5.07. The van der Waals surface area contributed by atoms with E-state index in [1.54, 1.807) is 38.5 Å². The molecule has 0 aliphatic heterocycles. The summed E-state index contributed by atoms with van der Waals surface area (Å²) in [7, 11) is 3.12. The predicted molar refractivity (Wildman–Crippen MR) is 133 cm³/mol. The molecule has 0 fully saturated rings. The summed E-state index contributed by atoms with van der Waals surface area (Å²) in [6.45, 7) is 1.92. The van der Waals surface area contributed by atoms with Crippen LogP contribution >= 0.6 is 11.6 Å². The lowest BCUT2D eigenvalue weighted by Crippen LogP contribution is -2.03. The van der Waals surface area contributed by atoms with Crippen molar-refractivity contribution in [1.29, 1.82) is 0 Å². The maximum absolute atomic E-state index is 13.3. The van der Waals surface area contributed by atoms with E-state index in [1.807, 2.05) is 19.1 Å². The Hall–Kier alpha value is -4.04. The Morgan fingerprint density at radius 1 is 0.971 bits per heavy atom. The Bertz CT molecular complexity index is 1400. The second-order valence-electron chi connectivity index (χ2n) is 7.66. The molecule has 3 aromatic carbocycles. The number of nitrogens with two attached hydrogens (primary N) is 1. The lowest BCUT2D eigenvalue weighted by atomic mass is 9.97. The summed E-state index contributed by atoms with van der Waals surface area (Å²) in [6, 6.07) is 14.4. The smallest absolute Gasteiger partial charge is 0.220 e. The topological polar surface area (TPSA) is 99.7 Å². The molecule has 0 amide bonds. The first-order valence-corrected chi connectivity index (χ1v) is 10.9. The van der Waals surface area contributed by atoms with Gasteiger partial charge in [-0.1, -0.05) is 23.7 Å². The van der Waals surface area contributed by atoms with Crippen molar-refractivity contribution in [2.75, 3.05) is 20.0 Å². The van der Waals surface area contributed by atoms with E-state index >= 15 is 0 Å². The van der Waals surface area contributed by atoms with Crippen LogP contribution in [0.15, 0.2) is 54.6 Å². The van der Waals surface area contributed by atoms with E-state index in [-0.39, 0.29) is 23.3 Å². The van der Waals surface area contributed by atoms with E-state index in [2.05, 4.69) is 9.97 Å². The number of nitrogen functional groups attached to an aromatic ring is 1. The number of ether oxygens (including phenoxy) is 3. The molecule has 1 aromatic heterocycles. The van der Waals surface area contributed by atoms with Gasteiger partial charge in [0.05, 0.1) is 30.6 Å². The fraction of sp³-hybridized carbons (Fsp3) is 0.154. The van der Waals surface area contributed by atoms with Gasteiger partial charge in [-0.3, -0.25) is 0 Å². The molecule has 0 spiro atoms. The first kappa shape index (κ1) is 24.1. The van der Waals surface area contributed by atoms with Crippen molar-refractivity contribution in [1.82, 2.24) is 9.97 Å². The lowest BCUT2D eigenvalue weighted by Gasteiger charge is -2.16. The molecule has 35 heavy (non-hydrogen) atoms. The van der Waals surface area contributed by atoms with E-state index in [0.717, 1.165) is 5.56 Å². The van der Waals surface area contributed by atoms with Crippen molar-refractivity contribution in [3.8, 4) is 45.4 Å². The normalized spacial score (nSPS) is 10.8. The maximum atomic E-state index is 13.3. The van der Waals surface area contributed by atoms with Crippen molar-refractivity contribution >= 4 is 17.5 Å². The number of phenolic OH excluding ortho intramolecular Hbond substituents is 1. The van der Waals surface area contributed by atoms with Gasteiger partial charge in [0.25, 0.3) is 0 Å². The number of halogens is 2. The standard InChI is InChI=1S/C26H23ClFN3O4/c1-14-24(15-5-9-22(33-2)23(10-15)34-3)25(31-26(29)30-14)19-8-7-18(12-21(19)32)35-13-16-4-6-17(28)11-20(16)27/h4-12,32H,13H2,1-3H3,(H2,29,30,31). The Morgan fingerprint density at radius 2 is 1.74 bits per heavy atom. The number of hydrogen-bond donors (Lipinski definition) is 2. The van der Waals surface area contributed by atoms with Crippen LogP contribution in [0.1, 0.15) is 11.3 Å². The molecule has 0 saturated heterocycles. The zero-order chi connectivity index (χ0) is 25.1. The van der Waals surface area contributed by atoms with Gasteiger partial charge in [-0.2, -0.15) is 0 Å². The predicted octanol–water partition coefficient (Wildman–Crippen LogP) is 5.80. The van der Waals surface area contributed by atoms with Crippen LogP contribution in [0.3, 0.4) is 0 Å². The molecule has 1 heterocycles. The average molecular weight is 496 g/mol. The van der Waals surface area contributed by atoms with Gasteiger partial charge in [-0.25, -0.2) is 14.4 Å². The summed E-state index contributed by atoms with van der Waals surface area (Å²) >= 11 is 6.07. The van der Waals surface area contributed by atoms with Gasteiger partial charge in [-0.15, -0.1) is 0 Å². The highest BCUT2D eigenvalue weighted by Gasteiger charge is 2.19. The van der Waals surface area contributed by atoms with Crippen molar-refractivity contribution in [2.24, 2.45) is 0 Å². The summed E-state index contributed by atoms with van der Waals surface area (Å²) in [5.74, 6) is 1.11. The number of aromatic hydroxyl groups is 1. The van der Waals surface area contributed by atoms with Crippen LogP contribution in [0.4, 0.5) is 10.3 Å². The molecule has 0 aliphatic carbocycles. The van der Waals surface area contributed by atoms with Crippen LogP contribution in [-0.2, 0) is 6.61 Å². The highest BCUT2D eigenvalue weighted by atomic mass is 35.5. The summed E-state index contributed by atoms with van der Waals surface area (Å²) in [5.41, 5.74) is 9.54. The molecule has 0 saturated carbocycles. The molecule has 4 rings (SSSR count). The Labute approximate surface area is 206 Å². The van der Waals surface area contributed by atoms with E-state index in [0.29, 0.717) is 45.3 Å². The Balaban J connectivity index is 1.71. The van der Waals surface area contributed by atoms with E-state index < -0.39 is 5.82 Å². The second kappa shape index (κ2) is 10.1. The van der Waals surface area contributed by atoms with Gasteiger partial charge >= 0.3 is 0 Å². The number of aryl methyl sites for hydroxylation is 1. The molecule has 0 radical (unpaired) electrons. The lowest BCUT2D eigenvalue weighted by molar-refractivity contribution is 0.304. The van der Waals surface area contributed by atoms with Gasteiger partial charge in [0, 0.05) is 22.8 Å². The van der Waals surface area contributed by atoms with Crippen LogP contribution in [-0.4, -0.2) is 29.3 Å². The number of anilines is 1. The maximum Gasteiger partial charge on any atom is 0.220 e. The fourth-order valence-electron chi connectivity index (χ4n) is 3.73. The molecule has 0 unspecified atom stereocenters. The third-order valence-electron chi connectivity index (χ3n) is 5.41. The first-order valence-electron chi connectivity index (χ1n) is 10.6. The summed E-state index contributed by atoms with van der Waals surface area (Å²) in [5, 5.41) is 11.1. The molecule has 0 bridgehead atoms. The molecular weight excluding hydrogens is 473 g/mol. The molecular formula is C26H23ClFN3O4. The quantitative estimate of drug-likeness (QED) is 0.334. The van der Waals surface area contributed by atoms with Crippen molar-refractivity contribution < 1.29 is 23.7 Å². The molecule has 0 atom stereocenters. The van der Waals surface area contributed by atoms with Crippen LogP contribution in [0.25, 0.3) is 22.4 Å². The number of rotatable bonds is 7. The average Bonchev–Trinajstić information content (AvgIpc) is 2.82.